The molecule has 1 unspecified atom stereocenters. The lowest BCUT2D eigenvalue weighted by atomic mass is 9.96. The molecule has 4 heteroatoms. The van der Waals surface area contributed by atoms with Crippen LogP contribution in [0.25, 0.3) is 77.3 Å². The molecule has 0 bridgehead atoms. The molecule has 7 aromatic carbocycles. The summed E-state index contributed by atoms with van der Waals surface area (Å²) in [4.78, 5) is 2.30. The van der Waals surface area contributed by atoms with Gasteiger partial charge in [-0.15, -0.1) is 0 Å². The molecule has 1 atom stereocenters. The molecule has 0 fully saturated rings. The second kappa shape index (κ2) is 10.4. The smallest absolute Gasteiger partial charge is 0.147 e. The van der Waals surface area contributed by atoms with Gasteiger partial charge in [-0.1, -0.05) is 121 Å². The van der Waals surface area contributed by atoms with Gasteiger partial charge in [0.2, 0.25) is 0 Å². The summed E-state index contributed by atoms with van der Waals surface area (Å²) < 4.78 is 12.9. The van der Waals surface area contributed by atoms with Crippen molar-refractivity contribution in [3.05, 3.63) is 157 Å². The first-order valence-electron chi connectivity index (χ1n) is 16.3. The van der Waals surface area contributed by atoms with Crippen molar-refractivity contribution in [3.63, 3.8) is 0 Å². The molecule has 0 amide bonds. The maximum Gasteiger partial charge on any atom is 0.147 e. The first-order chi connectivity index (χ1) is 23.7. The zero-order valence-electron chi connectivity index (χ0n) is 26.3. The van der Waals surface area contributed by atoms with Gasteiger partial charge in [-0.2, -0.15) is 0 Å². The van der Waals surface area contributed by atoms with Crippen LogP contribution in [0, 0.1) is 0 Å². The molecule has 2 aromatic heterocycles. The van der Waals surface area contributed by atoms with Crippen LogP contribution < -0.4 is 10.2 Å². The van der Waals surface area contributed by atoms with E-state index in [1.807, 2.05) is 24.3 Å². The molecule has 10 rings (SSSR count). The number of furan rings is 2. The Kier molecular flexibility index (Phi) is 5.82. The first-order valence-corrected chi connectivity index (χ1v) is 16.3. The highest BCUT2D eigenvalue weighted by atomic mass is 16.3. The van der Waals surface area contributed by atoms with Gasteiger partial charge in [0.1, 0.15) is 28.5 Å². The molecule has 4 nitrogen and oxygen atoms in total. The summed E-state index contributed by atoms with van der Waals surface area (Å²) in [6, 6.07) is 53.6. The van der Waals surface area contributed by atoms with Crippen LogP contribution in [-0.2, 0) is 0 Å². The van der Waals surface area contributed by atoms with E-state index in [9.17, 15) is 0 Å². The molecule has 228 valence electrons. The van der Waals surface area contributed by atoms with Gasteiger partial charge in [0.25, 0.3) is 0 Å². The Hall–Kier alpha value is -6.26. The minimum absolute atomic E-state index is 0.130. The SMILES string of the molecule is CN1c2ccc(-c3ccc(-c4ccc(-c5cc6c7ccccc7oc6c6c5oc5ccccc56)cc4)cc3)cc2NC1c1ccccc1. The number of anilines is 2. The van der Waals surface area contributed by atoms with Crippen molar-refractivity contribution in [1.82, 2.24) is 0 Å². The lowest BCUT2D eigenvalue weighted by molar-refractivity contribution is 0.663. The minimum atomic E-state index is 0.130. The summed E-state index contributed by atoms with van der Waals surface area (Å²) in [6.45, 7) is 0. The largest absolute Gasteiger partial charge is 0.455 e. The second-order valence-corrected chi connectivity index (χ2v) is 12.7. The minimum Gasteiger partial charge on any atom is -0.455 e. The van der Waals surface area contributed by atoms with Gasteiger partial charge in [-0.3, -0.25) is 0 Å². The Morgan fingerprint density at radius 2 is 1.06 bits per heavy atom. The van der Waals surface area contributed by atoms with Gasteiger partial charge in [0.05, 0.1) is 16.8 Å². The van der Waals surface area contributed by atoms with Gasteiger partial charge in [-0.25, -0.2) is 0 Å². The van der Waals surface area contributed by atoms with E-state index in [0.29, 0.717) is 0 Å². The number of nitrogens with zero attached hydrogens (tertiary/aromatic N) is 1. The molecule has 3 heterocycles. The van der Waals surface area contributed by atoms with Crippen molar-refractivity contribution in [2.45, 2.75) is 6.17 Å². The van der Waals surface area contributed by atoms with Crippen LogP contribution in [0.1, 0.15) is 11.7 Å². The van der Waals surface area contributed by atoms with Gasteiger partial charge < -0.3 is 19.1 Å². The van der Waals surface area contributed by atoms with Gasteiger partial charge in [0, 0.05) is 28.8 Å². The molecule has 0 radical (unpaired) electrons. The van der Waals surface area contributed by atoms with E-state index in [4.69, 9.17) is 8.83 Å². The summed E-state index contributed by atoms with van der Waals surface area (Å²) in [7, 11) is 2.15. The van der Waals surface area contributed by atoms with Crippen LogP contribution in [-0.4, -0.2) is 7.05 Å². The second-order valence-electron chi connectivity index (χ2n) is 12.7. The molecule has 0 saturated heterocycles. The van der Waals surface area contributed by atoms with Crippen LogP contribution in [0.3, 0.4) is 0 Å². The topological polar surface area (TPSA) is 41.6 Å². The van der Waals surface area contributed by atoms with Crippen LogP contribution in [0.2, 0.25) is 0 Å². The molecule has 1 N–H and O–H groups in total. The third-order valence-electron chi connectivity index (χ3n) is 9.91. The molecule has 48 heavy (non-hydrogen) atoms. The predicted molar refractivity (Wildman–Crippen MR) is 199 cm³/mol. The Morgan fingerprint density at radius 1 is 0.500 bits per heavy atom. The third-order valence-corrected chi connectivity index (χ3v) is 9.91. The number of rotatable bonds is 4. The Bertz CT molecular complexity index is 2650. The molecular weight excluding hydrogens is 588 g/mol. The number of nitrogens with one attached hydrogen (secondary N) is 1. The van der Waals surface area contributed by atoms with Gasteiger partial charge >= 0.3 is 0 Å². The quantitative estimate of drug-likeness (QED) is 0.213. The maximum absolute atomic E-state index is 6.51. The summed E-state index contributed by atoms with van der Waals surface area (Å²) in [5, 5.41) is 8.02. The highest BCUT2D eigenvalue weighted by molar-refractivity contribution is 6.25. The van der Waals surface area contributed by atoms with Crippen molar-refractivity contribution < 1.29 is 8.83 Å². The number of fused-ring (bicyclic) bond motifs is 8. The van der Waals surface area contributed by atoms with Crippen LogP contribution in [0.4, 0.5) is 11.4 Å². The zero-order valence-corrected chi connectivity index (χ0v) is 26.3. The van der Waals surface area contributed by atoms with E-state index in [1.165, 1.54) is 33.5 Å². The highest BCUT2D eigenvalue weighted by Crippen LogP contribution is 2.45. The molecule has 0 saturated carbocycles. The van der Waals surface area contributed by atoms with Crippen molar-refractivity contribution >= 4 is 55.3 Å². The predicted octanol–water partition coefficient (Wildman–Crippen LogP) is 12.0. The zero-order chi connectivity index (χ0) is 31.8. The number of benzene rings is 7. The van der Waals surface area contributed by atoms with Crippen LogP contribution >= 0.6 is 0 Å². The van der Waals surface area contributed by atoms with Gasteiger partial charge in [-0.05, 0) is 63.7 Å². The lowest BCUT2D eigenvalue weighted by Gasteiger charge is -2.22. The van der Waals surface area contributed by atoms with Crippen molar-refractivity contribution in [3.8, 4) is 33.4 Å². The van der Waals surface area contributed by atoms with E-state index in [1.54, 1.807) is 0 Å². The fourth-order valence-corrected chi connectivity index (χ4v) is 7.44. The van der Waals surface area contributed by atoms with Crippen molar-refractivity contribution in [2.75, 3.05) is 17.3 Å². The number of para-hydroxylation sites is 2. The van der Waals surface area contributed by atoms with E-state index in [2.05, 4.69) is 145 Å². The summed E-state index contributed by atoms with van der Waals surface area (Å²) in [6.07, 6.45) is 0.130. The molecule has 0 aliphatic carbocycles. The fraction of sp³-hybridized carbons (Fsp3) is 0.0455. The lowest BCUT2D eigenvalue weighted by Crippen LogP contribution is -2.23. The Labute approximate surface area is 277 Å². The number of hydrogen-bond donors (Lipinski definition) is 1. The monoisotopic (exact) mass is 618 g/mol. The summed E-state index contributed by atoms with van der Waals surface area (Å²) >= 11 is 0. The first kappa shape index (κ1) is 26.9. The van der Waals surface area contributed by atoms with Crippen molar-refractivity contribution in [2.24, 2.45) is 0 Å². The van der Waals surface area contributed by atoms with E-state index in [-0.39, 0.29) is 6.17 Å². The standard InChI is InChI=1S/C44H30N2O2/c1-46-38-24-23-32(25-37(38)45-44(46)31-9-3-2-4-10-31)29-17-15-27(16-18-29)28-19-21-30(22-20-28)35-26-36-33-11-5-7-13-39(33)47-43(36)41-34-12-6-8-14-40(34)48-42(35)41/h2-26,44-45H,1H3. The van der Waals surface area contributed by atoms with E-state index < -0.39 is 0 Å². The Balaban J connectivity index is 0.983. The average molecular weight is 619 g/mol. The highest BCUT2D eigenvalue weighted by Gasteiger charge is 2.27. The molecule has 9 aromatic rings. The number of hydrogen-bond acceptors (Lipinski definition) is 4. The molecule has 1 aliphatic heterocycles. The van der Waals surface area contributed by atoms with E-state index >= 15 is 0 Å². The van der Waals surface area contributed by atoms with E-state index in [0.717, 1.165) is 60.7 Å². The summed E-state index contributed by atoms with van der Waals surface area (Å²) in [5.41, 5.74) is 14.0. The molecule has 0 spiro atoms. The molecule has 1 aliphatic rings. The maximum atomic E-state index is 6.51. The Morgan fingerprint density at radius 3 is 1.79 bits per heavy atom. The summed E-state index contributed by atoms with van der Waals surface area (Å²) in [5.74, 6) is 0. The van der Waals surface area contributed by atoms with Crippen LogP contribution in [0.5, 0.6) is 0 Å². The van der Waals surface area contributed by atoms with Gasteiger partial charge in [0.15, 0.2) is 0 Å². The van der Waals surface area contributed by atoms with Crippen molar-refractivity contribution in [1.29, 1.82) is 0 Å². The molecular formula is C44H30N2O2. The fourth-order valence-electron chi connectivity index (χ4n) is 7.44. The normalized spacial score (nSPS) is 14.3. The third kappa shape index (κ3) is 4.09. The average Bonchev–Trinajstić information content (AvgIpc) is 3.82. The van der Waals surface area contributed by atoms with Crippen LogP contribution in [0.15, 0.2) is 160 Å².